The van der Waals surface area contributed by atoms with E-state index in [1.807, 2.05) is 0 Å². The quantitative estimate of drug-likeness (QED) is 0.139. The minimum absolute atomic E-state index is 0. The maximum atomic E-state index is 5.20. The first-order valence-corrected chi connectivity index (χ1v) is 13.3. The van der Waals surface area contributed by atoms with Gasteiger partial charge in [0, 0.05) is 16.5 Å². The van der Waals surface area contributed by atoms with Crippen LogP contribution < -0.4 is 0 Å². The Bertz CT molecular complexity index is 879. The van der Waals surface area contributed by atoms with Crippen LogP contribution in [0, 0.1) is 13.8 Å². The van der Waals surface area contributed by atoms with E-state index in [4.69, 9.17) is 9.98 Å². The van der Waals surface area contributed by atoms with Gasteiger partial charge in [-0.15, -0.1) is 0 Å². The minimum atomic E-state index is 0. The van der Waals surface area contributed by atoms with Gasteiger partial charge in [0.2, 0.25) is 0 Å². The van der Waals surface area contributed by atoms with E-state index in [0.29, 0.717) is 0 Å². The first-order valence-electron chi connectivity index (χ1n) is 13.3. The number of hydrogen-bond donors (Lipinski definition) is 0. The Morgan fingerprint density at radius 3 is 1.62 bits per heavy atom. The third-order valence-electron chi connectivity index (χ3n) is 6.13. The summed E-state index contributed by atoms with van der Waals surface area (Å²) in [5, 5.41) is 0. The van der Waals surface area contributed by atoms with Gasteiger partial charge in [-0.3, -0.25) is 9.98 Å². The molecule has 0 aromatic heterocycles. The van der Waals surface area contributed by atoms with Crippen LogP contribution in [-0.4, -0.2) is 11.4 Å². The molecule has 0 fully saturated rings. The van der Waals surface area contributed by atoms with Gasteiger partial charge in [-0.05, 0) is 106 Å². The molecule has 3 heteroatoms. The van der Waals surface area contributed by atoms with E-state index in [-0.39, 0.29) is 16.5 Å². The van der Waals surface area contributed by atoms with Gasteiger partial charge in [0.15, 0.2) is 0 Å². The van der Waals surface area contributed by atoms with Crippen LogP contribution in [0.5, 0.6) is 0 Å². The number of nitrogens with zero attached hydrogens (tertiary/aromatic N) is 2. The number of hydrogen-bond acceptors (Lipinski definition) is 2. The second-order valence-corrected chi connectivity index (χ2v) is 9.63. The van der Waals surface area contributed by atoms with Gasteiger partial charge in [0.25, 0.3) is 0 Å². The number of aryl methyl sites for hydroxylation is 4. The van der Waals surface area contributed by atoms with Crippen LogP contribution in [0.25, 0.3) is 0 Å². The summed E-state index contributed by atoms with van der Waals surface area (Å²) in [5.41, 5.74) is 9.69. The summed E-state index contributed by atoms with van der Waals surface area (Å²) in [6.07, 6.45) is 13.2. The zero-order valence-corrected chi connectivity index (χ0v) is 23.4. The van der Waals surface area contributed by atoms with E-state index >= 15 is 0 Å². The molecule has 34 heavy (non-hydrogen) atoms. The Hall–Kier alpha value is -1.73. The van der Waals surface area contributed by atoms with Crippen molar-refractivity contribution in [1.29, 1.82) is 0 Å². The van der Waals surface area contributed by atoms with Gasteiger partial charge >= 0.3 is 0 Å². The third-order valence-corrected chi connectivity index (χ3v) is 6.13. The monoisotopic (exact) mass is 504 g/mol. The second kappa shape index (κ2) is 16.8. The molecule has 0 saturated carbocycles. The Morgan fingerprint density at radius 1 is 0.618 bits per heavy atom. The Balaban J connectivity index is 0.00000578. The molecule has 0 amide bonds. The standard InChI is InChI=1S/C31H46N2.Ni/c1-7-10-13-15-27-21-28(16-14-11-8-2)23-30(22-27)33-31(17-12-9-3)26(6)32-29-19-24(4)18-25(5)20-29;/h18-23H,7-17H2,1-6H3;. The van der Waals surface area contributed by atoms with Crippen molar-refractivity contribution in [3.8, 4) is 0 Å². The van der Waals surface area contributed by atoms with Gasteiger partial charge in [0.05, 0.1) is 22.8 Å². The fourth-order valence-electron chi connectivity index (χ4n) is 4.35. The largest absolute Gasteiger partial charge is 0.252 e. The van der Waals surface area contributed by atoms with Crippen LogP contribution >= 0.6 is 0 Å². The summed E-state index contributed by atoms with van der Waals surface area (Å²) in [5.74, 6) is 0. The molecule has 190 valence electrons. The molecule has 0 spiro atoms. The summed E-state index contributed by atoms with van der Waals surface area (Å²) in [6.45, 7) is 13.2. The normalized spacial score (nSPS) is 12.1. The van der Waals surface area contributed by atoms with E-state index in [2.05, 4.69) is 77.9 Å². The van der Waals surface area contributed by atoms with Crippen LogP contribution in [-0.2, 0) is 29.3 Å². The van der Waals surface area contributed by atoms with Crippen molar-refractivity contribution in [1.82, 2.24) is 0 Å². The molecular weight excluding hydrogens is 459 g/mol. The van der Waals surface area contributed by atoms with Gasteiger partial charge in [0.1, 0.15) is 0 Å². The van der Waals surface area contributed by atoms with Crippen LogP contribution in [0.1, 0.15) is 108 Å². The van der Waals surface area contributed by atoms with Crippen molar-refractivity contribution < 1.29 is 16.5 Å². The molecule has 0 aliphatic carbocycles. The topological polar surface area (TPSA) is 24.7 Å². The average molecular weight is 505 g/mol. The summed E-state index contributed by atoms with van der Waals surface area (Å²) < 4.78 is 0. The maximum absolute atomic E-state index is 5.20. The SMILES string of the molecule is CCCCCc1cc(CCCCC)cc(N=C(CCCC)C(C)=Nc2cc(C)cc(C)c2)c1.[Ni]. The van der Waals surface area contributed by atoms with Crippen molar-refractivity contribution in [3.05, 3.63) is 58.7 Å². The zero-order valence-electron chi connectivity index (χ0n) is 22.5. The van der Waals surface area contributed by atoms with E-state index in [1.165, 1.54) is 60.8 Å². The summed E-state index contributed by atoms with van der Waals surface area (Å²) in [6, 6.07) is 13.6. The van der Waals surface area contributed by atoms with E-state index in [1.54, 1.807) is 0 Å². The van der Waals surface area contributed by atoms with Crippen LogP contribution in [0.3, 0.4) is 0 Å². The Labute approximate surface area is 219 Å². The molecule has 0 aliphatic heterocycles. The molecule has 0 atom stereocenters. The zero-order chi connectivity index (χ0) is 24.1. The van der Waals surface area contributed by atoms with Crippen molar-refractivity contribution in [3.63, 3.8) is 0 Å². The van der Waals surface area contributed by atoms with Crippen molar-refractivity contribution in [2.45, 2.75) is 112 Å². The molecule has 0 bridgehead atoms. The first kappa shape index (κ1) is 30.3. The fourth-order valence-corrected chi connectivity index (χ4v) is 4.35. The average Bonchev–Trinajstić information content (AvgIpc) is 2.76. The molecule has 2 aromatic carbocycles. The third kappa shape index (κ3) is 11.1. The Kier molecular flexibility index (Phi) is 15.0. The van der Waals surface area contributed by atoms with Crippen LogP contribution in [0.15, 0.2) is 46.4 Å². The van der Waals surface area contributed by atoms with Crippen LogP contribution in [0.2, 0.25) is 0 Å². The molecule has 0 aliphatic rings. The summed E-state index contributed by atoms with van der Waals surface area (Å²) in [4.78, 5) is 10.2. The maximum Gasteiger partial charge on any atom is 0.0639 e. The van der Waals surface area contributed by atoms with Crippen LogP contribution in [0.4, 0.5) is 11.4 Å². The fraction of sp³-hybridized carbons (Fsp3) is 0.548. The van der Waals surface area contributed by atoms with E-state index < -0.39 is 0 Å². The predicted octanol–water partition coefficient (Wildman–Crippen LogP) is 9.82. The first-order chi connectivity index (χ1) is 15.9. The summed E-state index contributed by atoms with van der Waals surface area (Å²) >= 11 is 0. The van der Waals surface area contributed by atoms with Gasteiger partial charge < -0.3 is 0 Å². The Morgan fingerprint density at radius 2 is 1.12 bits per heavy atom. The van der Waals surface area contributed by atoms with Crippen molar-refractivity contribution in [2.24, 2.45) is 9.98 Å². The molecule has 0 saturated heterocycles. The van der Waals surface area contributed by atoms with Crippen molar-refractivity contribution >= 4 is 22.8 Å². The number of aliphatic imine (C=N–C) groups is 2. The van der Waals surface area contributed by atoms with Gasteiger partial charge in [-0.1, -0.05) is 65.0 Å². The molecule has 0 heterocycles. The summed E-state index contributed by atoms with van der Waals surface area (Å²) in [7, 11) is 0. The number of benzene rings is 2. The van der Waals surface area contributed by atoms with Gasteiger partial charge in [-0.25, -0.2) is 0 Å². The number of unbranched alkanes of at least 4 members (excludes halogenated alkanes) is 5. The molecule has 0 radical (unpaired) electrons. The molecular formula is C31H46N2Ni. The van der Waals surface area contributed by atoms with E-state index in [9.17, 15) is 0 Å². The molecule has 2 nitrogen and oxygen atoms in total. The smallest absolute Gasteiger partial charge is 0.0639 e. The number of rotatable bonds is 14. The van der Waals surface area contributed by atoms with Gasteiger partial charge in [-0.2, -0.15) is 0 Å². The van der Waals surface area contributed by atoms with E-state index in [0.717, 1.165) is 54.9 Å². The van der Waals surface area contributed by atoms with Crippen molar-refractivity contribution in [2.75, 3.05) is 0 Å². The molecule has 2 aromatic rings. The second-order valence-electron chi connectivity index (χ2n) is 9.63. The molecule has 0 unspecified atom stereocenters. The molecule has 0 N–H and O–H groups in total. The molecule has 2 rings (SSSR count). The predicted molar refractivity (Wildman–Crippen MR) is 148 cm³/mol. The minimum Gasteiger partial charge on any atom is -0.252 e.